The lowest BCUT2D eigenvalue weighted by Gasteiger charge is -2.10. The minimum atomic E-state index is 0.178. The summed E-state index contributed by atoms with van der Waals surface area (Å²) in [5.74, 6) is 0.667. The van der Waals surface area contributed by atoms with Crippen molar-refractivity contribution in [3.63, 3.8) is 0 Å². The van der Waals surface area contributed by atoms with Crippen molar-refractivity contribution in [1.82, 2.24) is 4.98 Å². The minimum Gasteiger partial charge on any atom is -0.399 e. The fourth-order valence-corrected chi connectivity index (χ4v) is 3.09. The van der Waals surface area contributed by atoms with Crippen molar-refractivity contribution in [3.8, 4) is 11.3 Å². The minimum absolute atomic E-state index is 0.178. The molecule has 1 fully saturated rings. The summed E-state index contributed by atoms with van der Waals surface area (Å²) in [6.07, 6.45) is 2.70. The van der Waals surface area contributed by atoms with E-state index < -0.39 is 0 Å². The molecule has 3 rings (SSSR count). The zero-order valence-corrected chi connectivity index (χ0v) is 11.1. The number of thiazole rings is 1. The van der Waals surface area contributed by atoms with Crippen LogP contribution in [0.25, 0.3) is 11.3 Å². The second-order valence-corrected chi connectivity index (χ2v) is 5.58. The largest absolute Gasteiger partial charge is 0.399 e. The number of hydrogen-bond donors (Lipinski definition) is 1. The quantitative estimate of drug-likeness (QED) is 0.856. The van der Waals surface area contributed by atoms with Crippen LogP contribution in [0.1, 0.15) is 24.0 Å². The highest BCUT2D eigenvalue weighted by Crippen LogP contribution is 2.44. The second-order valence-electron chi connectivity index (χ2n) is 4.69. The lowest BCUT2D eigenvalue weighted by molar-refractivity contribution is 0.0844. The van der Waals surface area contributed by atoms with Crippen molar-refractivity contribution >= 4 is 17.0 Å². The van der Waals surface area contributed by atoms with Crippen LogP contribution in [0.3, 0.4) is 0 Å². The van der Waals surface area contributed by atoms with E-state index in [-0.39, 0.29) is 6.10 Å². The molecule has 0 aliphatic heterocycles. The van der Waals surface area contributed by atoms with Crippen molar-refractivity contribution in [1.29, 1.82) is 0 Å². The van der Waals surface area contributed by atoms with E-state index in [1.54, 1.807) is 18.4 Å². The van der Waals surface area contributed by atoms with Gasteiger partial charge in [0.25, 0.3) is 0 Å². The van der Waals surface area contributed by atoms with Gasteiger partial charge in [-0.3, -0.25) is 0 Å². The summed E-state index contributed by atoms with van der Waals surface area (Å²) < 4.78 is 5.56. The number of anilines is 1. The SMILES string of the molecule is COC(c1nc(-c2ccc(N)cc2)cs1)C1CC1. The number of nitrogens with two attached hydrogens (primary N) is 1. The van der Waals surface area contributed by atoms with Gasteiger partial charge in [-0.15, -0.1) is 11.3 Å². The third kappa shape index (κ3) is 2.26. The molecule has 0 spiro atoms. The highest BCUT2D eigenvalue weighted by Gasteiger charge is 2.34. The topological polar surface area (TPSA) is 48.1 Å². The van der Waals surface area contributed by atoms with Crippen LogP contribution in [0.4, 0.5) is 5.69 Å². The Kier molecular flexibility index (Phi) is 3.06. The summed E-state index contributed by atoms with van der Waals surface area (Å²) in [7, 11) is 1.77. The third-order valence-electron chi connectivity index (χ3n) is 3.28. The lowest BCUT2D eigenvalue weighted by Crippen LogP contribution is -2.02. The molecule has 4 heteroatoms. The first-order chi connectivity index (χ1) is 8.78. The normalized spacial score (nSPS) is 16.7. The number of nitrogens with zero attached hydrogens (tertiary/aromatic N) is 1. The van der Waals surface area contributed by atoms with E-state index in [9.17, 15) is 0 Å². The smallest absolute Gasteiger partial charge is 0.122 e. The Balaban J connectivity index is 1.86. The Hall–Kier alpha value is -1.39. The van der Waals surface area contributed by atoms with E-state index >= 15 is 0 Å². The van der Waals surface area contributed by atoms with Gasteiger partial charge < -0.3 is 10.5 Å². The van der Waals surface area contributed by atoms with Crippen LogP contribution in [0.15, 0.2) is 29.6 Å². The zero-order valence-electron chi connectivity index (χ0n) is 10.3. The molecular formula is C14H16N2OS. The number of hydrogen-bond acceptors (Lipinski definition) is 4. The number of ether oxygens (including phenoxy) is 1. The Bertz CT molecular complexity index is 531. The molecule has 0 bridgehead atoms. The highest BCUT2D eigenvalue weighted by molar-refractivity contribution is 7.10. The van der Waals surface area contributed by atoms with Crippen molar-refractivity contribution in [2.45, 2.75) is 18.9 Å². The zero-order chi connectivity index (χ0) is 12.5. The van der Waals surface area contributed by atoms with Crippen molar-refractivity contribution in [2.75, 3.05) is 12.8 Å². The highest BCUT2D eigenvalue weighted by atomic mass is 32.1. The van der Waals surface area contributed by atoms with Crippen LogP contribution in [-0.2, 0) is 4.74 Å². The molecule has 1 saturated carbocycles. The molecule has 1 aliphatic rings. The van der Waals surface area contributed by atoms with Gasteiger partial charge in [0.05, 0.1) is 5.69 Å². The van der Waals surface area contributed by atoms with Gasteiger partial charge in [-0.2, -0.15) is 0 Å². The van der Waals surface area contributed by atoms with Crippen LogP contribution in [-0.4, -0.2) is 12.1 Å². The van der Waals surface area contributed by atoms with E-state index in [0.29, 0.717) is 5.92 Å². The fourth-order valence-electron chi connectivity index (χ4n) is 2.10. The van der Waals surface area contributed by atoms with Gasteiger partial charge in [0, 0.05) is 23.7 Å². The Morgan fingerprint density at radius 3 is 2.67 bits per heavy atom. The molecule has 2 N–H and O–H groups in total. The van der Waals surface area contributed by atoms with Crippen LogP contribution >= 0.6 is 11.3 Å². The van der Waals surface area contributed by atoms with Gasteiger partial charge in [-0.1, -0.05) is 12.1 Å². The van der Waals surface area contributed by atoms with Crippen molar-refractivity contribution in [2.24, 2.45) is 5.92 Å². The molecule has 1 unspecified atom stereocenters. The molecule has 2 aromatic rings. The van der Waals surface area contributed by atoms with Gasteiger partial charge >= 0.3 is 0 Å². The summed E-state index contributed by atoms with van der Waals surface area (Å²) in [5.41, 5.74) is 8.59. The second kappa shape index (κ2) is 4.71. The van der Waals surface area contributed by atoms with E-state index in [4.69, 9.17) is 15.5 Å². The summed E-state index contributed by atoms with van der Waals surface area (Å²) in [6.45, 7) is 0. The van der Waals surface area contributed by atoms with Gasteiger partial charge in [-0.05, 0) is 30.9 Å². The fraction of sp³-hybridized carbons (Fsp3) is 0.357. The summed E-state index contributed by atoms with van der Waals surface area (Å²) >= 11 is 1.68. The van der Waals surface area contributed by atoms with Gasteiger partial charge in [0.15, 0.2) is 0 Å². The predicted molar refractivity (Wildman–Crippen MR) is 74.4 cm³/mol. The maximum Gasteiger partial charge on any atom is 0.122 e. The maximum absolute atomic E-state index is 5.69. The Morgan fingerprint density at radius 1 is 1.33 bits per heavy atom. The molecule has 3 nitrogen and oxygen atoms in total. The Morgan fingerprint density at radius 2 is 2.06 bits per heavy atom. The molecule has 94 valence electrons. The molecule has 18 heavy (non-hydrogen) atoms. The monoisotopic (exact) mass is 260 g/mol. The molecule has 1 atom stereocenters. The van der Waals surface area contributed by atoms with Gasteiger partial charge in [0.1, 0.15) is 11.1 Å². The number of methoxy groups -OCH3 is 1. The summed E-state index contributed by atoms with van der Waals surface area (Å²) in [6, 6.07) is 7.83. The number of rotatable bonds is 4. The summed E-state index contributed by atoms with van der Waals surface area (Å²) in [4.78, 5) is 4.70. The molecule has 0 radical (unpaired) electrons. The van der Waals surface area contributed by atoms with Gasteiger partial charge in [0.2, 0.25) is 0 Å². The molecule has 1 aliphatic carbocycles. The molecular weight excluding hydrogens is 244 g/mol. The predicted octanol–water partition coefficient (Wildman–Crippen LogP) is 3.49. The number of aromatic nitrogens is 1. The van der Waals surface area contributed by atoms with Gasteiger partial charge in [-0.25, -0.2) is 4.98 Å². The summed E-state index contributed by atoms with van der Waals surface area (Å²) in [5, 5.41) is 3.18. The molecule has 1 aromatic heterocycles. The first-order valence-electron chi connectivity index (χ1n) is 6.12. The van der Waals surface area contributed by atoms with E-state index in [2.05, 4.69) is 5.38 Å². The van der Waals surface area contributed by atoms with E-state index in [1.807, 2.05) is 24.3 Å². The maximum atomic E-state index is 5.69. The van der Waals surface area contributed by atoms with Crippen molar-refractivity contribution < 1.29 is 4.74 Å². The van der Waals surface area contributed by atoms with Crippen LogP contribution in [0, 0.1) is 5.92 Å². The van der Waals surface area contributed by atoms with Crippen LogP contribution in [0.5, 0.6) is 0 Å². The number of nitrogen functional groups attached to an aromatic ring is 1. The number of benzene rings is 1. The first kappa shape index (κ1) is 11.7. The standard InChI is InChI=1S/C14H16N2OS/c1-17-13(10-2-3-10)14-16-12(8-18-14)9-4-6-11(15)7-5-9/h4-8,10,13H,2-3,15H2,1H3. The third-order valence-corrected chi connectivity index (χ3v) is 4.18. The average Bonchev–Trinajstić information content (AvgIpc) is 3.09. The molecule has 1 heterocycles. The molecule has 0 saturated heterocycles. The van der Waals surface area contributed by atoms with Crippen molar-refractivity contribution in [3.05, 3.63) is 34.7 Å². The first-order valence-corrected chi connectivity index (χ1v) is 7.00. The molecule has 0 amide bonds. The lowest BCUT2D eigenvalue weighted by atomic mass is 10.1. The Labute approximate surface area is 111 Å². The van der Waals surface area contributed by atoms with Crippen LogP contribution in [0.2, 0.25) is 0 Å². The van der Waals surface area contributed by atoms with E-state index in [1.165, 1.54) is 12.8 Å². The molecule has 1 aromatic carbocycles. The van der Waals surface area contributed by atoms with Crippen LogP contribution < -0.4 is 5.73 Å². The van der Waals surface area contributed by atoms with E-state index in [0.717, 1.165) is 22.0 Å². The average molecular weight is 260 g/mol.